The maximum Gasteiger partial charge on any atom is 0.253 e. The predicted molar refractivity (Wildman–Crippen MR) is 106 cm³/mol. The van der Waals surface area contributed by atoms with Gasteiger partial charge in [-0.2, -0.15) is 0 Å². The monoisotopic (exact) mass is 358 g/mol. The smallest absolute Gasteiger partial charge is 0.253 e. The molecule has 0 saturated heterocycles. The Labute approximate surface area is 159 Å². The van der Waals surface area contributed by atoms with Gasteiger partial charge in [-0.3, -0.25) is 9.59 Å². The molecule has 0 spiro atoms. The Morgan fingerprint density at radius 2 is 1.37 bits per heavy atom. The first kappa shape index (κ1) is 18.4. The number of hydrogen-bond donors (Lipinski definition) is 1. The van der Waals surface area contributed by atoms with Crippen LogP contribution in [0.5, 0.6) is 0 Å². The number of hydrogen-bond acceptors (Lipinski definition) is 2. The van der Waals surface area contributed by atoms with Crippen LogP contribution < -0.4 is 5.32 Å². The minimum absolute atomic E-state index is 0.114. The summed E-state index contributed by atoms with van der Waals surface area (Å²) in [4.78, 5) is 26.8. The minimum atomic E-state index is -0.195. The van der Waals surface area contributed by atoms with E-state index in [0.717, 1.165) is 11.1 Å². The molecule has 4 heteroatoms. The van der Waals surface area contributed by atoms with Crippen LogP contribution in [0, 0.1) is 0 Å². The van der Waals surface area contributed by atoms with Gasteiger partial charge in [0.05, 0.1) is 0 Å². The molecule has 0 aliphatic rings. The highest BCUT2D eigenvalue weighted by atomic mass is 16.2. The first-order chi connectivity index (χ1) is 13.1. The SMILES string of the molecule is CN(Cc1ccccc1)C(=O)c1cccc(C(=O)NCc2ccccc2)c1. The molecule has 136 valence electrons. The van der Waals surface area contributed by atoms with Crippen molar-refractivity contribution >= 4 is 11.8 Å². The van der Waals surface area contributed by atoms with Crippen molar-refractivity contribution < 1.29 is 9.59 Å². The van der Waals surface area contributed by atoms with Crippen molar-refractivity contribution in [3.05, 3.63) is 107 Å². The Balaban J connectivity index is 1.65. The van der Waals surface area contributed by atoms with Gasteiger partial charge in [0.15, 0.2) is 0 Å². The molecule has 3 aromatic carbocycles. The van der Waals surface area contributed by atoms with Gasteiger partial charge in [0.1, 0.15) is 0 Å². The molecule has 0 aliphatic heterocycles. The lowest BCUT2D eigenvalue weighted by molar-refractivity contribution is 0.0785. The van der Waals surface area contributed by atoms with Crippen molar-refractivity contribution in [3.63, 3.8) is 0 Å². The number of carbonyl (C=O) groups excluding carboxylic acids is 2. The summed E-state index contributed by atoms with van der Waals surface area (Å²) in [5.74, 6) is -0.309. The maximum atomic E-state index is 12.7. The van der Waals surface area contributed by atoms with Crippen LogP contribution in [0.4, 0.5) is 0 Å². The largest absolute Gasteiger partial charge is 0.348 e. The van der Waals surface area contributed by atoms with Gasteiger partial charge in [0.2, 0.25) is 0 Å². The van der Waals surface area contributed by atoms with Crippen LogP contribution in [-0.4, -0.2) is 23.8 Å². The summed E-state index contributed by atoms with van der Waals surface area (Å²) in [5.41, 5.74) is 3.07. The molecule has 0 aromatic heterocycles. The second-order valence-electron chi connectivity index (χ2n) is 6.40. The van der Waals surface area contributed by atoms with Crippen molar-refractivity contribution in [1.29, 1.82) is 0 Å². The van der Waals surface area contributed by atoms with Gasteiger partial charge in [0.25, 0.3) is 11.8 Å². The summed E-state index contributed by atoms with van der Waals surface area (Å²) < 4.78 is 0. The van der Waals surface area contributed by atoms with Crippen LogP contribution >= 0.6 is 0 Å². The molecule has 0 aliphatic carbocycles. The van der Waals surface area contributed by atoms with E-state index in [1.165, 1.54) is 0 Å². The first-order valence-electron chi connectivity index (χ1n) is 8.85. The highest BCUT2D eigenvalue weighted by Crippen LogP contribution is 2.11. The van der Waals surface area contributed by atoms with E-state index in [1.807, 2.05) is 60.7 Å². The summed E-state index contributed by atoms with van der Waals surface area (Å²) in [5, 5.41) is 2.89. The van der Waals surface area contributed by atoms with Gasteiger partial charge in [-0.05, 0) is 29.3 Å². The number of nitrogens with zero attached hydrogens (tertiary/aromatic N) is 1. The van der Waals surface area contributed by atoms with Crippen LogP contribution in [-0.2, 0) is 13.1 Å². The van der Waals surface area contributed by atoms with Crippen molar-refractivity contribution in [3.8, 4) is 0 Å². The number of benzene rings is 3. The van der Waals surface area contributed by atoms with Gasteiger partial charge in [-0.25, -0.2) is 0 Å². The predicted octanol–water partition coefficient (Wildman–Crippen LogP) is 3.89. The van der Waals surface area contributed by atoms with E-state index in [4.69, 9.17) is 0 Å². The van der Waals surface area contributed by atoms with Crippen molar-refractivity contribution in [2.24, 2.45) is 0 Å². The van der Waals surface area contributed by atoms with E-state index in [1.54, 1.807) is 36.2 Å². The van der Waals surface area contributed by atoms with Gasteiger partial charge >= 0.3 is 0 Å². The summed E-state index contributed by atoms with van der Waals surface area (Å²) in [7, 11) is 1.76. The number of amides is 2. The third-order valence-corrected chi connectivity index (χ3v) is 4.28. The molecule has 3 rings (SSSR count). The topological polar surface area (TPSA) is 49.4 Å². The Kier molecular flexibility index (Phi) is 6.00. The highest BCUT2D eigenvalue weighted by Gasteiger charge is 2.14. The third-order valence-electron chi connectivity index (χ3n) is 4.28. The molecule has 1 N–H and O–H groups in total. The fourth-order valence-electron chi connectivity index (χ4n) is 2.82. The normalized spacial score (nSPS) is 10.3. The molecule has 0 radical (unpaired) electrons. The summed E-state index contributed by atoms with van der Waals surface area (Å²) >= 11 is 0. The second-order valence-corrected chi connectivity index (χ2v) is 6.40. The van der Waals surface area contributed by atoms with E-state index < -0.39 is 0 Å². The standard InChI is InChI=1S/C23H22N2O2/c1-25(17-19-11-6-3-7-12-19)23(27)21-14-8-13-20(15-21)22(26)24-16-18-9-4-2-5-10-18/h2-15H,16-17H2,1H3,(H,24,26). The van der Waals surface area contributed by atoms with Crippen LogP contribution in [0.3, 0.4) is 0 Å². The molecular formula is C23H22N2O2. The van der Waals surface area contributed by atoms with Gasteiger partial charge in [0, 0.05) is 31.3 Å². The van der Waals surface area contributed by atoms with Crippen LogP contribution in [0.25, 0.3) is 0 Å². The molecule has 27 heavy (non-hydrogen) atoms. The molecular weight excluding hydrogens is 336 g/mol. The lowest BCUT2D eigenvalue weighted by Crippen LogP contribution is -2.27. The average molecular weight is 358 g/mol. The van der Waals surface area contributed by atoms with E-state index in [9.17, 15) is 9.59 Å². The lowest BCUT2D eigenvalue weighted by atomic mass is 10.1. The number of nitrogens with one attached hydrogen (secondary N) is 1. The van der Waals surface area contributed by atoms with Crippen molar-refractivity contribution in [1.82, 2.24) is 10.2 Å². The fraction of sp³-hybridized carbons (Fsp3) is 0.130. The summed E-state index contributed by atoms with van der Waals surface area (Å²) in [6, 6.07) is 26.4. The van der Waals surface area contributed by atoms with Crippen LogP contribution in [0.15, 0.2) is 84.9 Å². The average Bonchev–Trinajstić information content (AvgIpc) is 2.73. The number of carbonyl (C=O) groups is 2. The van der Waals surface area contributed by atoms with E-state index >= 15 is 0 Å². The van der Waals surface area contributed by atoms with Gasteiger partial charge in [-0.15, -0.1) is 0 Å². The van der Waals surface area contributed by atoms with Gasteiger partial charge < -0.3 is 10.2 Å². The van der Waals surface area contributed by atoms with Crippen molar-refractivity contribution in [2.45, 2.75) is 13.1 Å². The quantitative estimate of drug-likeness (QED) is 0.727. The minimum Gasteiger partial charge on any atom is -0.348 e. The first-order valence-corrected chi connectivity index (χ1v) is 8.85. The van der Waals surface area contributed by atoms with E-state index in [-0.39, 0.29) is 11.8 Å². The van der Waals surface area contributed by atoms with Crippen LogP contribution in [0.1, 0.15) is 31.8 Å². The van der Waals surface area contributed by atoms with Crippen LogP contribution in [0.2, 0.25) is 0 Å². The fourth-order valence-corrected chi connectivity index (χ4v) is 2.82. The number of rotatable bonds is 6. The molecule has 0 bridgehead atoms. The molecule has 0 heterocycles. The summed E-state index contributed by atoms with van der Waals surface area (Å²) in [6.45, 7) is 0.968. The molecule has 0 unspecified atom stereocenters. The third kappa shape index (κ3) is 5.05. The Morgan fingerprint density at radius 1 is 0.778 bits per heavy atom. The highest BCUT2D eigenvalue weighted by molar-refractivity contribution is 5.99. The Hall–Kier alpha value is -3.40. The zero-order chi connectivity index (χ0) is 19.1. The molecule has 2 amide bonds. The van der Waals surface area contributed by atoms with Crippen molar-refractivity contribution in [2.75, 3.05) is 7.05 Å². The van der Waals surface area contributed by atoms with E-state index in [0.29, 0.717) is 24.2 Å². The molecule has 0 atom stereocenters. The zero-order valence-electron chi connectivity index (χ0n) is 15.3. The zero-order valence-corrected chi connectivity index (χ0v) is 15.3. The lowest BCUT2D eigenvalue weighted by Gasteiger charge is -2.17. The molecule has 0 saturated carbocycles. The maximum absolute atomic E-state index is 12.7. The Morgan fingerprint density at radius 3 is 2.04 bits per heavy atom. The van der Waals surface area contributed by atoms with Gasteiger partial charge in [-0.1, -0.05) is 66.7 Å². The van der Waals surface area contributed by atoms with E-state index in [2.05, 4.69) is 5.32 Å². The molecule has 4 nitrogen and oxygen atoms in total. The Bertz CT molecular complexity index is 908. The molecule has 0 fully saturated rings. The summed E-state index contributed by atoms with van der Waals surface area (Å²) in [6.07, 6.45) is 0. The molecule has 3 aromatic rings. The second kappa shape index (κ2) is 8.81.